The number of carbonyl (C=O) groups excluding carboxylic acids is 1. The normalized spacial score (nSPS) is 10.1. The van der Waals surface area contributed by atoms with Crippen LogP contribution in [0.2, 0.25) is 0 Å². The summed E-state index contributed by atoms with van der Waals surface area (Å²) in [6.07, 6.45) is 5.23. The van der Waals surface area contributed by atoms with E-state index < -0.39 is 0 Å². The minimum Gasteiger partial charge on any atom is -0.469 e. The van der Waals surface area contributed by atoms with Crippen LogP contribution in [0.25, 0.3) is 11.3 Å². The summed E-state index contributed by atoms with van der Waals surface area (Å²) in [7, 11) is 1.37. The summed E-state index contributed by atoms with van der Waals surface area (Å²) < 4.78 is 4.62. The van der Waals surface area contributed by atoms with Crippen molar-refractivity contribution in [1.29, 1.82) is 0 Å². The fraction of sp³-hybridized carbons (Fsp3) is 0.182. The molecule has 16 heavy (non-hydrogen) atoms. The summed E-state index contributed by atoms with van der Waals surface area (Å²) in [6, 6.07) is 3.71. The van der Waals surface area contributed by atoms with Crippen LogP contribution < -0.4 is 0 Å². The number of methoxy groups -OCH3 is 1. The van der Waals surface area contributed by atoms with Gasteiger partial charge in [-0.3, -0.25) is 14.9 Å². The molecule has 0 aromatic carbocycles. The number of H-pyrrole nitrogens is 1. The maximum Gasteiger partial charge on any atom is 0.310 e. The van der Waals surface area contributed by atoms with Gasteiger partial charge in [-0.15, -0.1) is 0 Å². The Morgan fingerprint density at radius 3 is 2.88 bits per heavy atom. The summed E-state index contributed by atoms with van der Waals surface area (Å²) in [6.45, 7) is 0. The summed E-state index contributed by atoms with van der Waals surface area (Å²) >= 11 is 0. The van der Waals surface area contributed by atoms with Crippen molar-refractivity contribution in [2.75, 3.05) is 7.11 Å². The molecule has 0 unspecified atom stereocenters. The summed E-state index contributed by atoms with van der Waals surface area (Å²) in [4.78, 5) is 15.1. The predicted octanol–water partition coefficient (Wildman–Crippen LogP) is 1.19. The monoisotopic (exact) mass is 217 g/mol. The molecule has 82 valence electrons. The Morgan fingerprint density at radius 1 is 1.44 bits per heavy atom. The Labute approximate surface area is 92.5 Å². The maximum atomic E-state index is 11.2. The standard InChI is InChI=1S/C11H11N3O2/c1-16-10(15)6-9-7-13-14-11(9)8-2-4-12-5-3-8/h2-5,7H,6H2,1H3,(H,13,14). The lowest BCUT2D eigenvalue weighted by Gasteiger charge is -2.01. The van der Waals surface area contributed by atoms with Crippen LogP contribution in [0.1, 0.15) is 5.56 Å². The fourth-order valence-electron chi connectivity index (χ4n) is 1.44. The van der Waals surface area contributed by atoms with E-state index in [0.717, 1.165) is 16.8 Å². The van der Waals surface area contributed by atoms with Gasteiger partial charge in [0, 0.05) is 23.5 Å². The van der Waals surface area contributed by atoms with Crippen LogP contribution in [0.4, 0.5) is 0 Å². The van der Waals surface area contributed by atoms with Gasteiger partial charge in [0.15, 0.2) is 0 Å². The number of hydrogen-bond donors (Lipinski definition) is 1. The number of aromatic amines is 1. The molecule has 2 aromatic rings. The number of rotatable bonds is 3. The van der Waals surface area contributed by atoms with E-state index in [1.807, 2.05) is 12.1 Å². The van der Waals surface area contributed by atoms with Crippen molar-refractivity contribution < 1.29 is 9.53 Å². The molecule has 0 saturated heterocycles. The number of carbonyl (C=O) groups is 1. The van der Waals surface area contributed by atoms with Gasteiger partial charge in [0.25, 0.3) is 0 Å². The third-order valence-electron chi connectivity index (χ3n) is 2.25. The van der Waals surface area contributed by atoms with Crippen LogP contribution in [-0.4, -0.2) is 28.3 Å². The largest absolute Gasteiger partial charge is 0.469 e. The molecular formula is C11H11N3O2. The Kier molecular flexibility index (Phi) is 2.95. The van der Waals surface area contributed by atoms with E-state index in [1.54, 1.807) is 18.6 Å². The minimum atomic E-state index is -0.281. The highest BCUT2D eigenvalue weighted by molar-refractivity contribution is 5.76. The molecule has 2 aromatic heterocycles. The number of aromatic nitrogens is 3. The zero-order valence-corrected chi connectivity index (χ0v) is 8.80. The average Bonchev–Trinajstić information content (AvgIpc) is 2.78. The molecule has 0 atom stereocenters. The topological polar surface area (TPSA) is 67.9 Å². The van der Waals surface area contributed by atoms with Gasteiger partial charge < -0.3 is 4.74 Å². The third kappa shape index (κ3) is 2.08. The second-order valence-electron chi connectivity index (χ2n) is 3.26. The SMILES string of the molecule is COC(=O)Cc1cn[nH]c1-c1ccncc1. The van der Waals surface area contributed by atoms with E-state index in [-0.39, 0.29) is 12.4 Å². The molecule has 2 heterocycles. The first-order chi connectivity index (χ1) is 7.81. The summed E-state index contributed by atoms with van der Waals surface area (Å²) in [5.74, 6) is -0.281. The Bertz CT molecular complexity index is 479. The second kappa shape index (κ2) is 4.57. The quantitative estimate of drug-likeness (QED) is 0.784. The number of nitrogens with zero attached hydrogens (tertiary/aromatic N) is 2. The molecule has 5 heteroatoms. The Hall–Kier alpha value is -2.17. The lowest BCUT2D eigenvalue weighted by molar-refractivity contribution is -0.139. The van der Waals surface area contributed by atoms with E-state index >= 15 is 0 Å². The second-order valence-corrected chi connectivity index (χ2v) is 3.26. The molecule has 0 aliphatic heterocycles. The maximum absolute atomic E-state index is 11.2. The van der Waals surface area contributed by atoms with E-state index in [0.29, 0.717) is 0 Å². The van der Waals surface area contributed by atoms with E-state index in [9.17, 15) is 4.79 Å². The molecule has 5 nitrogen and oxygen atoms in total. The van der Waals surface area contributed by atoms with Gasteiger partial charge in [0.05, 0.1) is 25.4 Å². The van der Waals surface area contributed by atoms with Crippen molar-refractivity contribution in [1.82, 2.24) is 15.2 Å². The van der Waals surface area contributed by atoms with Crippen molar-refractivity contribution in [2.24, 2.45) is 0 Å². The van der Waals surface area contributed by atoms with Crippen molar-refractivity contribution in [3.05, 3.63) is 36.3 Å². The first kappa shape index (κ1) is 10.4. The van der Waals surface area contributed by atoms with Crippen LogP contribution >= 0.6 is 0 Å². The smallest absolute Gasteiger partial charge is 0.310 e. The fourth-order valence-corrected chi connectivity index (χ4v) is 1.44. The van der Waals surface area contributed by atoms with Gasteiger partial charge >= 0.3 is 5.97 Å². The van der Waals surface area contributed by atoms with Crippen LogP contribution in [0.3, 0.4) is 0 Å². The molecule has 1 N–H and O–H groups in total. The molecule has 0 bridgehead atoms. The van der Waals surface area contributed by atoms with Crippen molar-refractivity contribution >= 4 is 5.97 Å². The van der Waals surface area contributed by atoms with E-state index in [1.165, 1.54) is 7.11 Å². The van der Waals surface area contributed by atoms with Crippen molar-refractivity contribution in [3.8, 4) is 11.3 Å². The van der Waals surface area contributed by atoms with Crippen molar-refractivity contribution in [2.45, 2.75) is 6.42 Å². The van der Waals surface area contributed by atoms with Gasteiger partial charge in [-0.25, -0.2) is 0 Å². The third-order valence-corrected chi connectivity index (χ3v) is 2.25. The van der Waals surface area contributed by atoms with Gasteiger partial charge in [-0.1, -0.05) is 0 Å². The molecular weight excluding hydrogens is 206 g/mol. The van der Waals surface area contributed by atoms with Crippen molar-refractivity contribution in [3.63, 3.8) is 0 Å². The van der Waals surface area contributed by atoms with Crippen LogP contribution in [-0.2, 0) is 16.0 Å². The Balaban J connectivity index is 2.29. The molecule has 0 aliphatic carbocycles. The van der Waals surface area contributed by atoms with Crippen LogP contribution in [0.5, 0.6) is 0 Å². The zero-order chi connectivity index (χ0) is 11.4. The molecule has 0 spiro atoms. The minimum absolute atomic E-state index is 0.213. The number of hydrogen-bond acceptors (Lipinski definition) is 4. The first-order valence-electron chi connectivity index (χ1n) is 4.80. The highest BCUT2D eigenvalue weighted by Gasteiger charge is 2.11. The Morgan fingerprint density at radius 2 is 2.19 bits per heavy atom. The van der Waals surface area contributed by atoms with Gasteiger partial charge in [0.2, 0.25) is 0 Å². The van der Waals surface area contributed by atoms with E-state index in [4.69, 9.17) is 0 Å². The number of ether oxygens (including phenoxy) is 1. The van der Waals surface area contributed by atoms with Gasteiger partial charge in [0.1, 0.15) is 0 Å². The highest BCUT2D eigenvalue weighted by atomic mass is 16.5. The van der Waals surface area contributed by atoms with Gasteiger partial charge in [-0.2, -0.15) is 5.10 Å². The number of nitrogens with one attached hydrogen (secondary N) is 1. The molecule has 2 rings (SSSR count). The molecule has 0 aliphatic rings. The lowest BCUT2D eigenvalue weighted by atomic mass is 10.1. The lowest BCUT2D eigenvalue weighted by Crippen LogP contribution is -2.04. The average molecular weight is 217 g/mol. The number of esters is 1. The van der Waals surface area contributed by atoms with E-state index in [2.05, 4.69) is 19.9 Å². The number of pyridine rings is 1. The molecule has 0 radical (unpaired) electrons. The first-order valence-corrected chi connectivity index (χ1v) is 4.80. The van der Waals surface area contributed by atoms with Crippen LogP contribution in [0, 0.1) is 0 Å². The highest BCUT2D eigenvalue weighted by Crippen LogP contribution is 2.20. The molecule has 0 fully saturated rings. The van der Waals surface area contributed by atoms with Gasteiger partial charge in [-0.05, 0) is 12.1 Å². The van der Waals surface area contributed by atoms with Crippen LogP contribution in [0.15, 0.2) is 30.7 Å². The summed E-state index contributed by atoms with van der Waals surface area (Å²) in [5, 5.41) is 6.80. The zero-order valence-electron chi connectivity index (χ0n) is 8.80. The molecule has 0 amide bonds. The molecule has 0 saturated carbocycles. The summed E-state index contributed by atoms with van der Waals surface area (Å²) in [5.41, 5.74) is 2.59. The predicted molar refractivity (Wildman–Crippen MR) is 57.5 cm³/mol.